The van der Waals surface area contributed by atoms with Crippen LogP contribution in [0.1, 0.15) is 84.1 Å². The van der Waals surface area contributed by atoms with Crippen LogP contribution in [0.15, 0.2) is 127 Å². The van der Waals surface area contributed by atoms with E-state index >= 15 is 0 Å². The number of carboxylic acid groups (broad SMARTS) is 1. The van der Waals surface area contributed by atoms with Crippen molar-refractivity contribution in [2.24, 2.45) is 0 Å². The Morgan fingerprint density at radius 2 is 1.34 bits per heavy atom. The highest BCUT2D eigenvalue weighted by molar-refractivity contribution is 6.41. The van der Waals surface area contributed by atoms with Crippen molar-refractivity contribution in [1.82, 2.24) is 0 Å². The highest BCUT2D eigenvalue weighted by atomic mass is 16.4. The molecular formula is C42H31NO4. The molecule has 228 valence electrons. The number of ketones is 2. The minimum atomic E-state index is -1.13. The van der Waals surface area contributed by atoms with Crippen molar-refractivity contribution in [3.8, 4) is 0 Å². The molecule has 8 rings (SSSR count). The lowest BCUT2D eigenvalue weighted by Gasteiger charge is -2.27. The fraction of sp³-hybridized carbons (Fsp3) is 0.119. The molecule has 0 radical (unpaired) electrons. The fourth-order valence-electron chi connectivity index (χ4n) is 7.52. The van der Waals surface area contributed by atoms with Crippen LogP contribution in [0.5, 0.6) is 0 Å². The molecule has 0 saturated heterocycles. The number of rotatable bonds is 6. The van der Waals surface area contributed by atoms with Crippen molar-refractivity contribution in [1.29, 1.82) is 0 Å². The van der Waals surface area contributed by atoms with Crippen molar-refractivity contribution < 1.29 is 19.5 Å². The lowest BCUT2D eigenvalue weighted by atomic mass is 9.95. The zero-order chi connectivity index (χ0) is 32.1. The minimum Gasteiger partial charge on any atom is -0.478 e. The first kappa shape index (κ1) is 28.6. The van der Waals surface area contributed by atoms with Crippen LogP contribution in [0.4, 0.5) is 11.4 Å². The number of allylic oxidation sites excluding steroid dienone is 1. The molecular weight excluding hydrogens is 582 g/mol. The number of benzene rings is 5. The molecule has 2 aliphatic carbocycles. The summed E-state index contributed by atoms with van der Waals surface area (Å²) in [6, 6.07) is 40.4. The first-order chi connectivity index (χ1) is 23.0. The predicted molar refractivity (Wildman–Crippen MR) is 185 cm³/mol. The lowest BCUT2D eigenvalue weighted by molar-refractivity contribution is 0.0696. The van der Waals surface area contributed by atoms with Gasteiger partial charge in [-0.2, -0.15) is 0 Å². The Balaban J connectivity index is 1.11. The van der Waals surface area contributed by atoms with Crippen molar-refractivity contribution >= 4 is 46.6 Å². The quantitative estimate of drug-likeness (QED) is 0.117. The number of carbonyl (C=O) groups is 3. The van der Waals surface area contributed by atoms with Gasteiger partial charge in [-0.05, 0) is 101 Å². The molecule has 2 unspecified atom stereocenters. The lowest BCUT2D eigenvalue weighted by Crippen LogP contribution is -2.26. The van der Waals surface area contributed by atoms with E-state index in [9.17, 15) is 19.5 Å². The van der Waals surface area contributed by atoms with E-state index in [2.05, 4.69) is 95.9 Å². The molecule has 5 heteroatoms. The van der Waals surface area contributed by atoms with E-state index in [-0.39, 0.29) is 28.0 Å². The zero-order valence-electron chi connectivity index (χ0n) is 25.6. The molecule has 1 aliphatic heterocycles. The van der Waals surface area contributed by atoms with Gasteiger partial charge in [-0.15, -0.1) is 0 Å². The molecule has 5 aromatic carbocycles. The number of aromatic carboxylic acids is 1. The zero-order valence-corrected chi connectivity index (χ0v) is 25.6. The van der Waals surface area contributed by atoms with Crippen molar-refractivity contribution in [3.05, 3.63) is 171 Å². The van der Waals surface area contributed by atoms with E-state index in [0.717, 1.165) is 41.8 Å². The molecule has 1 N–H and O–H groups in total. The Labute approximate surface area is 273 Å². The maximum atomic E-state index is 13.2. The SMILES string of the molecule is O=C(O)c1ccc2c(c1)C(=O)/C(=C/c1ccc3c(c1)C1CCCC1N3c1ccc(C=C(c3ccccc3)c3ccccc3)cc1)C2=O. The number of hydrogen-bond acceptors (Lipinski definition) is 4. The topological polar surface area (TPSA) is 74.7 Å². The summed E-state index contributed by atoms with van der Waals surface area (Å²) in [5.74, 6) is -1.54. The van der Waals surface area contributed by atoms with Crippen LogP contribution >= 0.6 is 0 Å². The maximum Gasteiger partial charge on any atom is 0.335 e. The number of nitrogens with zero attached hydrogens (tertiary/aromatic N) is 1. The van der Waals surface area contributed by atoms with Crippen LogP contribution in [-0.2, 0) is 0 Å². The van der Waals surface area contributed by atoms with Gasteiger partial charge in [0.1, 0.15) is 0 Å². The van der Waals surface area contributed by atoms with Crippen LogP contribution in [0.3, 0.4) is 0 Å². The summed E-state index contributed by atoms with van der Waals surface area (Å²) in [7, 11) is 0. The van der Waals surface area contributed by atoms with Crippen LogP contribution in [0.25, 0.3) is 17.7 Å². The average molecular weight is 614 g/mol. The molecule has 5 nitrogen and oxygen atoms in total. The number of hydrogen-bond donors (Lipinski definition) is 1. The first-order valence-corrected chi connectivity index (χ1v) is 16.0. The molecule has 1 heterocycles. The Morgan fingerprint density at radius 3 is 2.02 bits per heavy atom. The standard InChI is InChI=1S/C42H31NO4/c44-40-33-20-17-30(42(46)47)25-36(33)41(45)37(40)24-27-16-21-39-35(23-27)32-12-7-13-38(32)43(39)31-18-14-26(15-19-31)22-34(28-8-3-1-4-9-28)29-10-5-2-6-11-29/h1-6,8-11,14-25,32,38H,7,12-13H2,(H,46,47)/b37-24+. The monoisotopic (exact) mass is 613 g/mol. The molecule has 0 aromatic heterocycles. The fourth-order valence-corrected chi connectivity index (χ4v) is 7.52. The number of anilines is 2. The third kappa shape index (κ3) is 5.01. The normalized spacial score (nSPS) is 18.6. The summed E-state index contributed by atoms with van der Waals surface area (Å²) in [5.41, 5.74) is 9.48. The van der Waals surface area contributed by atoms with E-state index in [1.165, 1.54) is 40.5 Å². The van der Waals surface area contributed by atoms with Gasteiger partial charge in [-0.1, -0.05) is 85.3 Å². The van der Waals surface area contributed by atoms with Gasteiger partial charge in [0.15, 0.2) is 11.6 Å². The molecule has 0 bridgehead atoms. The van der Waals surface area contributed by atoms with Crippen molar-refractivity contribution in [2.45, 2.75) is 31.2 Å². The summed E-state index contributed by atoms with van der Waals surface area (Å²) in [4.78, 5) is 40.3. The highest BCUT2D eigenvalue weighted by Gasteiger charge is 2.42. The smallest absolute Gasteiger partial charge is 0.335 e. The second-order valence-electron chi connectivity index (χ2n) is 12.5. The second-order valence-corrected chi connectivity index (χ2v) is 12.5. The van der Waals surface area contributed by atoms with E-state index in [1.54, 1.807) is 6.08 Å². The third-order valence-corrected chi connectivity index (χ3v) is 9.73. The number of carboxylic acids is 1. The van der Waals surface area contributed by atoms with E-state index in [0.29, 0.717) is 12.0 Å². The van der Waals surface area contributed by atoms with Gasteiger partial charge in [0.05, 0.1) is 11.1 Å². The van der Waals surface area contributed by atoms with Gasteiger partial charge in [-0.3, -0.25) is 9.59 Å². The van der Waals surface area contributed by atoms with Crippen molar-refractivity contribution in [2.75, 3.05) is 4.90 Å². The molecule has 1 fully saturated rings. The Morgan fingerprint density at radius 1 is 0.681 bits per heavy atom. The summed E-state index contributed by atoms with van der Waals surface area (Å²) in [6.07, 6.45) is 7.25. The Hall–Kier alpha value is -5.81. The Kier molecular flexibility index (Phi) is 7.02. The van der Waals surface area contributed by atoms with Crippen LogP contribution in [0.2, 0.25) is 0 Å². The molecule has 2 atom stereocenters. The second kappa shape index (κ2) is 11.5. The summed E-state index contributed by atoms with van der Waals surface area (Å²) >= 11 is 0. The van der Waals surface area contributed by atoms with Crippen LogP contribution < -0.4 is 4.90 Å². The molecule has 3 aliphatic rings. The van der Waals surface area contributed by atoms with E-state index < -0.39 is 11.8 Å². The largest absolute Gasteiger partial charge is 0.478 e. The summed E-state index contributed by atoms with van der Waals surface area (Å²) in [6.45, 7) is 0. The maximum absolute atomic E-state index is 13.2. The highest BCUT2D eigenvalue weighted by Crippen LogP contribution is 2.52. The molecule has 5 aromatic rings. The average Bonchev–Trinajstić information content (AvgIpc) is 3.77. The third-order valence-electron chi connectivity index (χ3n) is 9.73. The van der Waals surface area contributed by atoms with Gasteiger partial charge < -0.3 is 10.0 Å². The van der Waals surface area contributed by atoms with Gasteiger partial charge in [0, 0.05) is 34.5 Å². The van der Waals surface area contributed by atoms with Crippen LogP contribution in [0, 0.1) is 0 Å². The van der Waals surface area contributed by atoms with E-state index in [1.807, 2.05) is 18.2 Å². The molecule has 0 spiro atoms. The van der Waals surface area contributed by atoms with E-state index in [4.69, 9.17) is 0 Å². The number of carbonyl (C=O) groups excluding carboxylic acids is 2. The Bertz CT molecular complexity index is 2090. The number of Topliss-reactive ketones (excluding diaryl/α,β-unsaturated/α-hetero) is 2. The summed E-state index contributed by atoms with van der Waals surface area (Å²) in [5, 5.41) is 9.35. The van der Waals surface area contributed by atoms with Crippen LogP contribution in [-0.4, -0.2) is 28.7 Å². The summed E-state index contributed by atoms with van der Waals surface area (Å²) < 4.78 is 0. The molecule has 1 saturated carbocycles. The molecule has 47 heavy (non-hydrogen) atoms. The van der Waals surface area contributed by atoms with Gasteiger partial charge in [-0.25, -0.2) is 4.79 Å². The predicted octanol–water partition coefficient (Wildman–Crippen LogP) is 9.22. The minimum absolute atomic E-state index is 0.00654. The van der Waals surface area contributed by atoms with Gasteiger partial charge >= 0.3 is 5.97 Å². The number of fused-ring (bicyclic) bond motifs is 4. The van der Waals surface area contributed by atoms with Gasteiger partial charge in [0.25, 0.3) is 0 Å². The van der Waals surface area contributed by atoms with Crippen molar-refractivity contribution in [3.63, 3.8) is 0 Å². The van der Waals surface area contributed by atoms with Gasteiger partial charge in [0.2, 0.25) is 0 Å². The molecule has 0 amide bonds. The first-order valence-electron chi connectivity index (χ1n) is 16.0.